The lowest BCUT2D eigenvalue weighted by molar-refractivity contribution is 0.0692. The van der Waals surface area contributed by atoms with Crippen molar-refractivity contribution >= 4 is 11.7 Å². The van der Waals surface area contributed by atoms with Gasteiger partial charge < -0.3 is 15.6 Å². The van der Waals surface area contributed by atoms with Gasteiger partial charge in [0.15, 0.2) is 0 Å². The van der Waals surface area contributed by atoms with E-state index in [0.29, 0.717) is 5.75 Å². The van der Waals surface area contributed by atoms with E-state index in [2.05, 4.69) is 0 Å². The van der Waals surface area contributed by atoms with Gasteiger partial charge in [-0.3, -0.25) is 0 Å². The van der Waals surface area contributed by atoms with Crippen LogP contribution in [0, 0.1) is 0 Å². The van der Waals surface area contributed by atoms with Crippen molar-refractivity contribution in [1.82, 2.24) is 0 Å². The van der Waals surface area contributed by atoms with Crippen molar-refractivity contribution in [3.63, 3.8) is 0 Å². The van der Waals surface area contributed by atoms with Gasteiger partial charge in [-0.15, -0.1) is 0 Å². The Balaban J connectivity index is 3.14. The second kappa shape index (κ2) is 4.00. The van der Waals surface area contributed by atoms with Crippen LogP contribution in [0.5, 0.6) is 5.75 Å². The van der Waals surface area contributed by atoms with Crippen LogP contribution >= 0.6 is 0 Å². The standard InChI is InChI=1S/C10H13NO3/c1-6(2)14-8-5-3-4-7(11)9(8)10(12)13/h3-6H,11H2,1-2H3,(H,12,13). The highest BCUT2D eigenvalue weighted by molar-refractivity contribution is 5.96. The number of anilines is 1. The third-order valence-corrected chi connectivity index (χ3v) is 1.63. The van der Waals surface area contributed by atoms with Crippen LogP contribution in [-0.4, -0.2) is 17.2 Å². The van der Waals surface area contributed by atoms with Gasteiger partial charge in [0.25, 0.3) is 0 Å². The Morgan fingerprint density at radius 3 is 2.64 bits per heavy atom. The van der Waals surface area contributed by atoms with Gasteiger partial charge in [-0.25, -0.2) is 4.79 Å². The van der Waals surface area contributed by atoms with Crippen LogP contribution in [0.2, 0.25) is 0 Å². The summed E-state index contributed by atoms with van der Waals surface area (Å²) >= 11 is 0. The molecule has 1 rings (SSSR count). The largest absolute Gasteiger partial charge is 0.490 e. The molecule has 4 heteroatoms. The van der Waals surface area contributed by atoms with Crippen molar-refractivity contribution in [2.75, 3.05) is 5.73 Å². The minimum Gasteiger partial charge on any atom is -0.490 e. The van der Waals surface area contributed by atoms with E-state index < -0.39 is 5.97 Å². The van der Waals surface area contributed by atoms with Crippen LogP contribution in [0.1, 0.15) is 24.2 Å². The molecule has 0 bridgehead atoms. The van der Waals surface area contributed by atoms with E-state index in [9.17, 15) is 4.79 Å². The Morgan fingerprint density at radius 2 is 2.14 bits per heavy atom. The number of aromatic carboxylic acids is 1. The molecule has 0 unspecified atom stereocenters. The molecule has 0 aliphatic heterocycles. The Kier molecular flexibility index (Phi) is 2.96. The normalized spacial score (nSPS) is 10.2. The Labute approximate surface area is 82.3 Å². The van der Waals surface area contributed by atoms with Crippen LogP contribution in [0.3, 0.4) is 0 Å². The molecule has 0 fully saturated rings. The Hall–Kier alpha value is -1.71. The predicted molar refractivity (Wildman–Crippen MR) is 53.6 cm³/mol. The molecule has 1 aromatic rings. The number of benzene rings is 1. The van der Waals surface area contributed by atoms with Crippen LogP contribution in [0.25, 0.3) is 0 Å². The van der Waals surface area contributed by atoms with Crippen LogP contribution in [-0.2, 0) is 0 Å². The summed E-state index contributed by atoms with van der Waals surface area (Å²) in [7, 11) is 0. The molecule has 0 aliphatic carbocycles. The molecule has 0 saturated carbocycles. The van der Waals surface area contributed by atoms with Crippen molar-refractivity contribution in [1.29, 1.82) is 0 Å². The molecule has 3 N–H and O–H groups in total. The maximum absolute atomic E-state index is 10.9. The average molecular weight is 195 g/mol. The zero-order chi connectivity index (χ0) is 10.7. The number of carboxylic acid groups (broad SMARTS) is 1. The summed E-state index contributed by atoms with van der Waals surface area (Å²) in [6, 6.07) is 4.80. The number of ether oxygens (including phenoxy) is 1. The lowest BCUT2D eigenvalue weighted by Crippen LogP contribution is -2.11. The molecular formula is C10H13NO3. The summed E-state index contributed by atoms with van der Waals surface area (Å²) < 4.78 is 5.33. The molecule has 14 heavy (non-hydrogen) atoms. The smallest absolute Gasteiger partial charge is 0.341 e. The fourth-order valence-electron chi connectivity index (χ4n) is 1.13. The van der Waals surface area contributed by atoms with Crippen molar-refractivity contribution in [3.05, 3.63) is 23.8 Å². The second-order valence-electron chi connectivity index (χ2n) is 3.19. The van der Waals surface area contributed by atoms with Crippen molar-refractivity contribution in [2.45, 2.75) is 20.0 Å². The average Bonchev–Trinajstić information content (AvgIpc) is 2.01. The summed E-state index contributed by atoms with van der Waals surface area (Å²) in [5, 5.41) is 8.90. The second-order valence-corrected chi connectivity index (χ2v) is 3.19. The fraction of sp³-hybridized carbons (Fsp3) is 0.300. The van der Waals surface area contributed by atoms with Crippen molar-refractivity contribution < 1.29 is 14.6 Å². The first-order chi connectivity index (χ1) is 6.52. The maximum Gasteiger partial charge on any atom is 0.341 e. The van der Waals surface area contributed by atoms with Gasteiger partial charge >= 0.3 is 5.97 Å². The molecule has 76 valence electrons. The van der Waals surface area contributed by atoms with E-state index in [1.807, 2.05) is 13.8 Å². The van der Waals surface area contributed by atoms with Gasteiger partial charge in [0.2, 0.25) is 0 Å². The van der Waals surface area contributed by atoms with E-state index in [0.717, 1.165) is 0 Å². The van der Waals surface area contributed by atoms with Crippen LogP contribution in [0.15, 0.2) is 18.2 Å². The van der Waals surface area contributed by atoms with E-state index >= 15 is 0 Å². The molecule has 1 aromatic carbocycles. The molecular weight excluding hydrogens is 182 g/mol. The quantitative estimate of drug-likeness (QED) is 0.721. The molecule has 0 aliphatic rings. The van der Waals surface area contributed by atoms with Gasteiger partial charge in [-0.05, 0) is 26.0 Å². The van der Waals surface area contributed by atoms with Gasteiger partial charge in [-0.2, -0.15) is 0 Å². The van der Waals surface area contributed by atoms with E-state index in [1.165, 1.54) is 6.07 Å². The van der Waals surface area contributed by atoms with Crippen molar-refractivity contribution in [2.24, 2.45) is 0 Å². The van der Waals surface area contributed by atoms with E-state index in [4.69, 9.17) is 15.6 Å². The third kappa shape index (κ3) is 2.16. The first-order valence-electron chi connectivity index (χ1n) is 4.30. The molecule has 0 heterocycles. The first-order valence-corrected chi connectivity index (χ1v) is 4.30. The minimum atomic E-state index is -1.07. The number of hydrogen-bond acceptors (Lipinski definition) is 3. The van der Waals surface area contributed by atoms with Gasteiger partial charge in [0.1, 0.15) is 11.3 Å². The van der Waals surface area contributed by atoms with Crippen LogP contribution < -0.4 is 10.5 Å². The molecule has 0 radical (unpaired) electrons. The summed E-state index contributed by atoms with van der Waals surface area (Å²) in [4.78, 5) is 10.9. The molecule has 0 atom stereocenters. The number of carbonyl (C=O) groups is 1. The molecule has 0 spiro atoms. The zero-order valence-electron chi connectivity index (χ0n) is 8.15. The Bertz CT molecular complexity index is 347. The summed E-state index contributed by atoms with van der Waals surface area (Å²) in [6.07, 6.45) is -0.0742. The Morgan fingerprint density at radius 1 is 1.50 bits per heavy atom. The number of nitrogen functional groups attached to an aromatic ring is 1. The minimum absolute atomic E-state index is 0.0289. The molecule has 0 aromatic heterocycles. The van der Waals surface area contributed by atoms with E-state index in [1.54, 1.807) is 12.1 Å². The lowest BCUT2D eigenvalue weighted by Gasteiger charge is -2.13. The van der Waals surface area contributed by atoms with Gasteiger partial charge in [0, 0.05) is 5.69 Å². The molecule has 4 nitrogen and oxygen atoms in total. The van der Waals surface area contributed by atoms with E-state index in [-0.39, 0.29) is 17.4 Å². The number of nitrogens with two attached hydrogens (primary N) is 1. The number of carboxylic acids is 1. The summed E-state index contributed by atoms with van der Waals surface area (Å²) in [5.74, 6) is -0.758. The lowest BCUT2D eigenvalue weighted by atomic mass is 10.1. The summed E-state index contributed by atoms with van der Waals surface area (Å²) in [5.41, 5.74) is 5.78. The fourth-order valence-corrected chi connectivity index (χ4v) is 1.13. The zero-order valence-corrected chi connectivity index (χ0v) is 8.15. The third-order valence-electron chi connectivity index (χ3n) is 1.63. The number of hydrogen-bond donors (Lipinski definition) is 2. The number of rotatable bonds is 3. The molecule has 0 amide bonds. The topological polar surface area (TPSA) is 72.5 Å². The maximum atomic E-state index is 10.9. The first kappa shape index (κ1) is 10.4. The van der Waals surface area contributed by atoms with Crippen molar-refractivity contribution in [3.8, 4) is 5.75 Å². The highest BCUT2D eigenvalue weighted by Crippen LogP contribution is 2.25. The highest BCUT2D eigenvalue weighted by atomic mass is 16.5. The predicted octanol–water partition coefficient (Wildman–Crippen LogP) is 1.75. The molecule has 0 saturated heterocycles. The highest BCUT2D eigenvalue weighted by Gasteiger charge is 2.15. The van der Waals surface area contributed by atoms with Gasteiger partial charge in [-0.1, -0.05) is 6.07 Å². The SMILES string of the molecule is CC(C)Oc1cccc(N)c1C(=O)O. The monoisotopic (exact) mass is 195 g/mol. The van der Waals surface area contributed by atoms with Crippen LogP contribution in [0.4, 0.5) is 5.69 Å². The summed E-state index contributed by atoms with van der Waals surface area (Å²) in [6.45, 7) is 3.66. The van der Waals surface area contributed by atoms with Gasteiger partial charge in [0.05, 0.1) is 6.10 Å².